The molecule has 116 valence electrons. The summed E-state index contributed by atoms with van der Waals surface area (Å²) in [6.45, 7) is 10.1. The van der Waals surface area contributed by atoms with E-state index in [-0.39, 0.29) is 23.1 Å². The Morgan fingerprint density at radius 2 is 1.67 bits per heavy atom. The zero-order chi connectivity index (χ0) is 16.0. The lowest BCUT2D eigenvalue weighted by molar-refractivity contribution is -0.122. The number of carbonyl (C=O) groups excluding carboxylic acids is 2. The SMILES string of the molecule is Cc1cccc(C)c1NC(=O)CNC(=O)CSC(C)(C)C. The van der Waals surface area contributed by atoms with Gasteiger partial charge in [-0.2, -0.15) is 0 Å². The van der Waals surface area contributed by atoms with Gasteiger partial charge in [-0.05, 0) is 25.0 Å². The van der Waals surface area contributed by atoms with E-state index in [1.54, 1.807) is 11.8 Å². The number of hydrogen-bond donors (Lipinski definition) is 2. The molecule has 0 saturated heterocycles. The van der Waals surface area contributed by atoms with Crippen molar-refractivity contribution in [2.45, 2.75) is 39.4 Å². The molecule has 1 rings (SSSR count). The minimum Gasteiger partial charge on any atom is -0.346 e. The molecule has 0 atom stereocenters. The van der Waals surface area contributed by atoms with Crippen LogP contribution in [0.1, 0.15) is 31.9 Å². The van der Waals surface area contributed by atoms with Crippen LogP contribution in [-0.2, 0) is 9.59 Å². The number of para-hydroxylation sites is 1. The molecule has 0 aliphatic heterocycles. The maximum Gasteiger partial charge on any atom is 0.243 e. The first-order valence-electron chi connectivity index (χ1n) is 6.96. The first kappa shape index (κ1) is 17.6. The fourth-order valence-electron chi connectivity index (χ4n) is 1.71. The summed E-state index contributed by atoms with van der Waals surface area (Å²) in [5, 5.41) is 5.49. The molecule has 2 amide bonds. The minimum atomic E-state index is -0.207. The highest BCUT2D eigenvalue weighted by Crippen LogP contribution is 2.22. The van der Waals surface area contributed by atoms with Gasteiger partial charge in [0, 0.05) is 10.4 Å². The largest absolute Gasteiger partial charge is 0.346 e. The Bertz CT molecular complexity index is 501. The zero-order valence-corrected chi connectivity index (χ0v) is 14.2. The van der Waals surface area contributed by atoms with Crippen LogP contribution in [0.2, 0.25) is 0 Å². The standard InChI is InChI=1S/C16H24N2O2S/c1-11-7-6-8-12(2)15(11)18-13(19)9-17-14(20)10-21-16(3,4)5/h6-8H,9-10H2,1-5H3,(H,17,20)(H,18,19). The molecule has 21 heavy (non-hydrogen) atoms. The van der Waals surface area contributed by atoms with Gasteiger partial charge in [0.15, 0.2) is 0 Å². The minimum absolute atomic E-state index is 0.00267. The summed E-state index contributed by atoms with van der Waals surface area (Å²) >= 11 is 1.56. The van der Waals surface area contributed by atoms with Crippen molar-refractivity contribution in [1.29, 1.82) is 0 Å². The van der Waals surface area contributed by atoms with E-state index in [0.29, 0.717) is 5.75 Å². The van der Waals surface area contributed by atoms with Gasteiger partial charge in [-0.1, -0.05) is 39.0 Å². The van der Waals surface area contributed by atoms with Crippen molar-refractivity contribution in [3.05, 3.63) is 29.3 Å². The molecule has 5 heteroatoms. The molecule has 4 nitrogen and oxygen atoms in total. The lowest BCUT2D eigenvalue weighted by Crippen LogP contribution is -2.34. The Morgan fingerprint density at radius 1 is 1.10 bits per heavy atom. The monoisotopic (exact) mass is 308 g/mol. The van der Waals surface area contributed by atoms with Crippen molar-refractivity contribution >= 4 is 29.3 Å². The highest BCUT2D eigenvalue weighted by atomic mass is 32.2. The summed E-state index contributed by atoms with van der Waals surface area (Å²) in [4.78, 5) is 23.6. The van der Waals surface area contributed by atoms with Crippen LogP contribution in [0.4, 0.5) is 5.69 Å². The number of amides is 2. The molecule has 0 aliphatic rings. The number of thioether (sulfide) groups is 1. The number of benzene rings is 1. The number of anilines is 1. The fourth-order valence-corrected chi connectivity index (χ4v) is 2.37. The second kappa shape index (κ2) is 7.50. The summed E-state index contributed by atoms with van der Waals surface area (Å²) in [7, 11) is 0. The van der Waals surface area contributed by atoms with Gasteiger partial charge in [0.2, 0.25) is 11.8 Å². The Kier molecular flexibility index (Phi) is 6.27. The Balaban J connectivity index is 2.43. The average molecular weight is 308 g/mol. The lowest BCUT2D eigenvalue weighted by atomic mass is 10.1. The normalized spacial score (nSPS) is 11.1. The second-order valence-electron chi connectivity index (χ2n) is 5.99. The zero-order valence-electron chi connectivity index (χ0n) is 13.4. The highest BCUT2D eigenvalue weighted by Gasteiger charge is 2.14. The fraction of sp³-hybridized carbons (Fsp3) is 0.500. The molecular formula is C16H24N2O2S. The van der Waals surface area contributed by atoms with Gasteiger partial charge in [-0.25, -0.2) is 0 Å². The van der Waals surface area contributed by atoms with Crippen LogP contribution >= 0.6 is 11.8 Å². The molecule has 0 spiro atoms. The first-order chi connectivity index (χ1) is 9.69. The van der Waals surface area contributed by atoms with Crippen molar-refractivity contribution < 1.29 is 9.59 Å². The molecule has 0 saturated carbocycles. The maximum absolute atomic E-state index is 11.9. The van der Waals surface area contributed by atoms with Crippen LogP contribution < -0.4 is 10.6 Å². The first-order valence-corrected chi connectivity index (χ1v) is 7.94. The Morgan fingerprint density at radius 3 is 2.19 bits per heavy atom. The van der Waals surface area contributed by atoms with E-state index < -0.39 is 0 Å². The second-order valence-corrected chi connectivity index (χ2v) is 7.79. The Labute approximate surface area is 131 Å². The third-order valence-corrected chi connectivity index (χ3v) is 4.10. The molecular weight excluding hydrogens is 284 g/mol. The summed E-state index contributed by atoms with van der Waals surface area (Å²) in [6, 6.07) is 5.84. The number of rotatable bonds is 5. The van der Waals surface area contributed by atoms with Gasteiger partial charge in [-0.15, -0.1) is 11.8 Å². The van der Waals surface area contributed by atoms with Crippen LogP contribution in [0, 0.1) is 13.8 Å². The molecule has 0 aromatic heterocycles. The number of aryl methyl sites for hydroxylation is 2. The molecule has 2 N–H and O–H groups in total. The molecule has 0 radical (unpaired) electrons. The number of hydrogen-bond acceptors (Lipinski definition) is 3. The summed E-state index contributed by atoms with van der Waals surface area (Å²) in [5.41, 5.74) is 2.84. The average Bonchev–Trinajstić information content (AvgIpc) is 2.37. The summed E-state index contributed by atoms with van der Waals surface area (Å²) in [5.74, 6) is 0.0354. The van der Waals surface area contributed by atoms with E-state index >= 15 is 0 Å². The number of nitrogens with one attached hydrogen (secondary N) is 2. The molecule has 0 unspecified atom stereocenters. The van der Waals surface area contributed by atoms with Gasteiger partial charge in [-0.3, -0.25) is 9.59 Å². The molecule has 0 aliphatic carbocycles. The smallest absolute Gasteiger partial charge is 0.243 e. The van der Waals surface area contributed by atoms with Crippen molar-refractivity contribution in [1.82, 2.24) is 5.32 Å². The van der Waals surface area contributed by atoms with Crippen molar-refractivity contribution in [3.63, 3.8) is 0 Å². The molecule has 0 heterocycles. The molecule has 1 aromatic rings. The highest BCUT2D eigenvalue weighted by molar-refractivity contribution is 8.01. The van der Waals surface area contributed by atoms with E-state index in [0.717, 1.165) is 16.8 Å². The van der Waals surface area contributed by atoms with Crippen LogP contribution in [0.15, 0.2) is 18.2 Å². The van der Waals surface area contributed by atoms with Crippen LogP contribution in [0.3, 0.4) is 0 Å². The summed E-state index contributed by atoms with van der Waals surface area (Å²) in [6.07, 6.45) is 0. The van der Waals surface area contributed by atoms with Crippen LogP contribution in [-0.4, -0.2) is 28.9 Å². The van der Waals surface area contributed by atoms with Gasteiger partial charge in [0.25, 0.3) is 0 Å². The molecule has 0 fully saturated rings. The van der Waals surface area contributed by atoms with E-state index in [1.807, 2.05) is 32.0 Å². The predicted octanol–water partition coefficient (Wildman–Crippen LogP) is 2.89. The summed E-state index contributed by atoms with van der Waals surface area (Å²) < 4.78 is 0.0395. The molecule has 0 bridgehead atoms. The van der Waals surface area contributed by atoms with E-state index in [2.05, 4.69) is 31.4 Å². The lowest BCUT2D eigenvalue weighted by Gasteiger charge is -2.17. The third kappa shape index (κ3) is 6.67. The van der Waals surface area contributed by atoms with Crippen LogP contribution in [0.25, 0.3) is 0 Å². The van der Waals surface area contributed by atoms with Crippen molar-refractivity contribution in [2.24, 2.45) is 0 Å². The predicted molar refractivity (Wildman–Crippen MR) is 89.8 cm³/mol. The quantitative estimate of drug-likeness (QED) is 0.879. The van der Waals surface area contributed by atoms with Crippen molar-refractivity contribution in [3.8, 4) is 0 Å². The number of carbonyl (C=O) groups is 2. The maximum atomic E-state index is 11.9. The Hall–Kier alpha value is -1.49. The van der Waals surface area contributed by atoms with Crippen molar-refractivity contribution in [2.75, 3.05) is 17.6 Å². The van der Waals surface area contributed by atoms with Gasteiger partial charge in [0.1, 0.15) is 0 Å². The van der Waals surface area contributed by atoms with E-state index in [1.165, 1.54) is 0 Å². The molecule has 1 aromatic carbocycles. The topological polar surface area (TPSA) is 58.2 Å². The van der Waals surface area contributed by atoms with Crippen LogP contribution in [0.5, 0.6) is 0 Å². The van der Waals surface area contributed by atoms with E-state index in [4.69, 9.17) is 0 Å². The van der Waals surface area contributed by atoms with Gasteiger partial charge < -0.3 is 10.6 Å². The van der Waals surface area contributed by atoms with Gasteiger partial charge >= 0.3 is 0 Å². The van der Waals surface area contributed by atoms with Gasteiger partial charge in [0.05, 0.1) is 12.3 Å². The third-order valence-electron chi connectivity index (χ3n) is 2.83. The van der Waals surface area contributed by atoms with E-state index in [9.17, 15) is 9.59 Å².